The van der Waals surface area contributed by atoms with Gasteiger partial charge in [0.15, 0.2) is 0 Å². The first-order valence-electron chi connectivity index (χ1n) is 16.5. The SMILES string of the molecule is C=C(C)CCC(CCC)c1nc(-c2cc3n(n2)CC(C)N(C(=O)OC(C)(C)C)C3)c(-c2c(F)cc(F)cc2OCCOC)c2sccc12. The topological polar surface area (TPSA) is 78.7 Å². The lowest BCUT2D eigenvalue weighted by Gasteiger charge is -2.35. The summed E-state index contributed by atoms with van der Waals surface area (Å²) in [6.45, 7) is 16.9. The summed E-state index contributed by atoms with van der Waals surface area (Å²) in [5.74, 6) is -1.30. The van der Waals surface area contributed by atoms with Gasteiger partial charge in [0.2, 0.25) is 0 Å². The second-order valence-corrected chi connectivity index (χ2v) is 14.5. The van der Waals surface area contributed by atoms with Crippen LogP contribution in [0.3, 0.4) is 0 Å². The van der Waals surface area contributed by atoms with Crippen LogP contribution in [0.1, 0.15) is 84.5 Å². The highest BCUT2D eigenvalue weighted by Crippen LogP contribution is 2.47. The average Bonchev–Trinajstić information content (AvgIpc) is 3.65. The van der Waals surface area contributed by atoms with E-state index >= 15 is 4.39 Å². The monoisotopic (exact) mass is 680 g/mol. The molecular formula is C37H46F2N4O4S. The largest absolute Gasteiger partial charge is 0.490 e. The Labute approximate surface area is 285 Å². The summed E-state index contributed by atoms with van der Waals surface area (Å²) in [6.07, 6.45) is 3.22. The van der Waals surface area contributed by atoms with Crippen LogP contribution in [0.15, 0.2) is 41.8 Å². The average molecular weight is 681 g/mol. The van der Waals surface area contributed by atoms with Crippen LogP contribution >= 0.6 is 11.3 Å². The fraction of sp³-hybridized carbons (Fsp3) is 0.486. The molecule has 4 heterocycles. The number of methoxy groups -OCH3 is 1. The molecular weight excluding hydrogens is 634 g/mol. The fourth-order valence-electron chi connectivity index (χ4n) is 6.21. The van der Waals surface area contributed by atoms with Gasteiger partial charge in [-0.25, -0.2) is 18.6 Å². The Bertz CT molecular complexity index is 1790. The third-order valence-electron chi connectivity index (χ3n) is 8.43. The first-order chi connectivity index (χ1) is 22.8. The number of carbonyl (C=O) groups excluding carboxylic acids is 1. The molecule has 5 rings (SSSR count). The van der Waals surface area contributed by atoms with Gasteiger partial charge in [0, 0.05) is 40.8 Å². The number of pyridine rings is 1. The second-order valence-electron chi connectivity index (χ2n) is 13.6. The van der Waals surface area contributed by atoms with Gasteiger partial charge in [0.25, 0.3) is 0 Å². The zero-order chi connectivity index (χ0) is 34.7. The van der Waals surface area contributed by atoms with E-state index in [-0.39, 0.29) is 36.5 Å². The number of aromatic nitrogens is 3. The minimum atomic E-state index is -0.756. The molecule has 0 spiro atoms. The zero-order valence-corrected chi connectivity index (χ0v) is 29.8. The number of hydrogen-bond acceptors (Lipinski definition) is 7. The molecule has 0 N–H and O–H groups in total. The molecule has 258 valence electrons. The summed E-state index contributed by atoms with van der Waals surface area (Å²) in [4.78, 5) is 20.2. The Morgan fingerprint density at radius 3 is 2.62 bits per heavy atom. The van der Waals surface area contributed by atoms with Crippen molar-refractivity contribution in [2.24, 2.45) is 0 Å². The zero-order valence-electron chi connectivity index (χ0n) is 29.0. The van der Waals surface area contributed by atoms with Crippen LogP contribution in [0, 0.1) is 11.6 Å². The molecule has 2 unspecified atom stereocenters. The van der Waals surface area contributed by atoms with E-state index in [0.717, 1.165) is 58.8 Å². The molecule has 3 aromatic heterocycles. The predicted octanol–water partition coefficient (Wildman–Crippen LogP) is 9.51. The summed E-state index contributed by atoms with van der Waals surface area (Å²) in [5.41, 5.74) is 3.84. The van der Waals surface area contributed by atoms with Gasteiger partial charge in [0.1, 0.15) is 41.0 Å². The lowest BCUT2D eigenvalue weighted by Crippen LogP contribution is -2.46. The van der Waals surface area contributed by atoms with E-state index in [9.17, 15) is 9.18 Å². The number of hydrogen-bond donors (Lipinski definition) is 0. The van der Waals surface area contributed by atoms with E-state index in [1.54, 1.807) is 4.90 Å². The van der Waals surface area contributed by atoms with Crippen LogP contribution in [-0.4, -0.2) is 57.7 Å². The quantitative estimate of drug-likeness (QED) is 0.110. The highest BCUT2D eigenvalue weighted by Gasteiger charge is 2.33. The number of thiophene rings is 1. The maximum absolute atomic E-state index is 16.1. The summed E-state index contributed by atoms with van der Waals surface area (Å²) >= 11 is 1.48. The van der Waals surface area contributed by atoms with E-state index in [4.69, 9.17) is 24.3 Å². The van der Waals surface area contributed by atoms with Crippen LogP contribution in [-0.2, 0) is 22.6 Å². The van der Waals surface area contributed by atoms with Gasteiger partial charge in [-0.2, -0.15) is 5.10 Å². The van der Waals surface area contributed by atoms with Crippen LogP contribution in [0.25, 0.3) is 32.6 Å². The lowest BCUT2D eigenvalue weighted by molar-refractivity contribution is 0.00907. The van der Waals surface area contributed by atoms with Gasteiger partial charge in [-0.3, -0.25) is 9.58 Å². The molecule has 1 aliphatic rings. The van der Waals surface area contributed by atoms with Crippen molar-refractivity contribution in [3.05, 3.63) is 64.8 Å². The predicted molar refractivity (Wildman–Crippen MR) is 186 cm³/mol. The van der Waals surface area contributed by atoms with Gasteiger partial charge in [-0.15, -0.1) is 17.9 Å². The van der Waals surface area contributed by atoms with E-state index in [1.807, 2.05) is 56.8 Å². The van der Waals surface area contributed by atoms with Crippen molar-refractivity contribution in [1.82, 2.24) is 19.7 Å². The van der Waals surface area contributed by atoms with Crippen molar-refractivity contribution in [1.29, 1.82) is 0 Å². The molecule has 0 aliphatic carbocycles. The Morgan fingerprint density at radius 1 is 1.17 bits per heavy atom. The van der Waals surface area contributed by atoms with E-state index < -0.39 is 23.3 Å². The van der Waals surface area contributed by atoms with Crippen molar-refractivity contribution < 1.29 is 27.8 Å². The van der Waals surface area contributed by atoms with E-state index in [2.05, 4.69) is 13.5 Å². The lowest BCUT2D eigenvalue weighted by atomic mass is 9.89. The van der Waals surface area contributed by atoms with Crippen molar-refractivity contribution in [3.63, 3.8) is 0 Å². The van der Waals surface area contributed by atoms with Crippen molar-refractivity contribution >= 4 is 27.5 Å². The Kier molecular flexibility index (Phi) is 10.9. The Hall–Kier alpha value is -3.83. The molecule has 0 radical (unpaired) electrons. The molecule has 0 saturated heterocycles. The molecule has 0 fully saturated rings. The van der Waals surface area contributed by atoms with Gasteiger partial charge < -0.3 is 14.2 Å². The maximum Gasteiger partial charge on any atom is 0.410 e. The Morgan fingerprint density at radius 2 is 1.94 bits per heavy atom. The van der Waals surface area contributed by atoms with Gasteiger partial charge in [-0.05, 0) is 71.4 Å². The summed E-state index contributed by atoms with van der Waals surface area (Å²) in [6, 6.07) is 5.85. The number of rotatable bonds is 12. The van der Waals surface area contributed by atoms with Crippen LogP contribution < -0.4 is 4.74 Å². The van der Waals surface area contributed by atoms with Gasteiger partial charge in [-0.1, -0.05) is 18.9 Å². The van der Waals surface area contributed by atoms with E-state index in [0.29, 0.717) is 30.0 Å². The number of ether oxygens (including phenoxy) is 3. The van der Waals surface area contributed by atoms with Crippen molar-refractivity contribution in [3.8, 4) is 28.3 Å². The fourth-order valence-corrected chi connectivity index (χ4v) is 7.16. The molecule has 4 aromatic rings. The minimum absolute atomic E-state index is 0.0659. The number of halogens is 2. The summed E-state index contributed by atoms with van der Waals surface area (Å²) in [5, 5.41) is 7.91. The maximum atomic E-state index is 16.1. The first-order valence-corrected chi connectivity index (χ1v) is 17.4. The molecule has 1 aromatic carbocycles. The van der Waals surface area contributed by atoms with Gasteiger partial charge >= 0.3 is 6.09 Å². The minimum Gasteiger partial charge on any atom is -0.490 e. The van der Waals surface area contributed by atoms with Crippen molar-refractivity contribution in [2.45, 2.75) is 97.9 Å². The molecule has 1 aliphatic heterocycles. The molecule has 8 nitrogen and oxygen atoms in total. The number of amides is 1. The molecule has 0 bridgehead atoms. The second kappa shape index (κ2) is 14.7. The highest BCUT2D eigenvalue weighted by atomic mass is 32.1. The molecule has 1 amide bonds. The number of allylic oxidation sites excluding steroid dienone is 1. The highest BCUT2D eigenvalue weighted by molar-refractivity contribution is 7.17. The third-order valence-corrected chi connectivity index (χ3v) is 9.36. The first kappa shape index (κ1) is 35.5. The number of benzene rings is 1. The third kappa shape index (κ3) is 7.73. The molecule has 0 saturated carbocycles. The van der Waals surface area contributed by atoms with Crippen LogP contribution in [0.4, 0.5) is 13.6 Å². The Balaban J connectivity index is 1.73. The summed E-state index contributed by atoms with van der Waals surface area (Å²) < 4.78 is 50.3. The number of fused-ring (bicyclic) bond motifs is 2. The summed E-state index contributed by atoms with van der Waals surface area (Å²) in [7, 11) is 1.54. The number of carbonyl (C=O) groups is 1. The van der Waals surface area contributed by atoms with Crippen LogP contribution in [0.2, 0.25) is 0 Å². The molecule has 2 atom stereocenters. The smallest absolute Gasteiger partial charge is 0.410 e. The van der Waals surface area contributed by atoms with Gasteiger partial charge in [0.05, 0.1) is 42.7 Å². The molecule has 11 heteroatoms. The number of nitrogens with zero attached hydrogens (tertiary/aromatic N) is 4. The van der Waals surface area contributed by atoms with Crippen LogP contribution in [0.5, 0.6) is 5.75 Å². The normalized spacial score (nSPS) is 15.4. The van der Waals surface area contributed by atoms with Crippen molar-refractivity contribution in [2.75, 3.05) is 20.3 Å². The molecule has 48 heavy (non-hydrogen) atoms. The standard InChI is InChI=1S/C37H46F2N4O4S/c1-9-10-24(12-11-22(2)3)33-27-13-16-48-35(27)32(31-28(39)17-25(38)18-30(31)46-15-14-45-8)34(40-33)29-19-26-21-42(23(4)20-43(26)41-29)36(44)47-37(5,6)7/h13,16-19,23-24H,2,9-12,14-15,20-21H2,1,3-8H3. The van der Waals surface area contributed by atoms with E-state index in [1.165, 1.54) is 24.5 Å².